The molecule has 2 rings (SSSR count). The highest BCUT2D eigenvalue weighted by Gasteiger charge is 2.21. The van der Waals surface area contributed by atoms with E-state index < -0.39 is 0 Å². The summed E-state index contributed by atoms with van der Waals surface area (Å²) in [5, 5.41) is 0. The van der Waals surface area contributed by atoms with E-state index >= 15 is 0 Å². The number of anilines is 1. The fraction of sp³-hybridized carbons (Fsp3) is 0.364. The van der Waals surface area contributed by atoms with Crippen molar-refractivity contribution >= 4 is 12.0 Å². The zero-order chi connectivity index (χ0) is 10.1. The average molecular weight is 191 g/mol. The van der Waals surface area contributed by atoms with Gasteiger partial charge in [0, 0.05) is 19.3 Å². The topological polar surface area (TPSA) is 29.5 Å². The molecule has 0 N–H and O–H groups in total. The Bertz CT molecular complexity index is 374. The molecular formula is C11H13NO2. The molecule has 1 aliphatic heterocycles. The van der Waals surface area contributed by atoms with Crippen LogP contribution in [-0.2, 0) is 6.42 Å². The van der Waals surface area contributed by atoms with Crippen LogP contribution in [0.4, 0.5) is 5.69 Å². The summed E-state index contributed by atoms with van der Waals surface area (Å²) in [5.74, 6) is 0.675. The number of carbonyl (C=O) groups excluding carboxylic acids is 1. The third-order valence-corrected chi connectivity index (χ3v) is 2.74. The zero-order valence-corrected chi connectivity index (χ0v) is 8.41. The molecular weight excluding hydrogens is 178 g/mol. The van der Waals surface area contributed by atoms with Crippen LogP contribution in [0, 0.1) is 0 Å². The van der Waals surface area contributed by atoms with Crippen LogP contribution in [0.25, 0.3) is 0 Å². The lowest BCUT2D eigenvalue weighted by Crippen LogP contribution is -2.12. The second-order valence-electron chi connectivity index (χ2n) is 3.47. The SMILES string of the molecule is COc1ccc2c(c1C=O)CCN2C. The Labute approximate surface area is 83.3 Å². The van der Waals surface area contributed by atoms with E-state index in [0.717, 1.165) is 30.5 Å². The highest BCUT2D eigenvalue weighted by Crippen LogP contribution is 2.33. The second kappa shape index (κ2) is 3.33. The van der Waals surface area contributed by atoms with Crippen LogP contribution >= 0.6 is 0 Å². The van der Waals surface area contributed by atoms with Gasteiger partial charge in [-0.25, -0.2) is 0 Å². The first-order valence-corrected chi connectivity index (χ1v) is 4.64. The Balaban J connectivity index is 2.59. The first-order valence-electron chi connectivity index (χ1n) is 4.64. The van der Waals surface area contributed by atoms with Crippen LogP contribution in [0.15, 0.2) is 12.1 Å². The number of rotatable bonds is 2. The summed E-state index contributed by atoms with van der Waals surface area (Å²) in [6.45, 7) is 0.976. The number of likely N-dealkylation sites (N-methyl/N-ethyl adjacent to an activating group) is 1. The molecule has 0 radical (unpaired) electrons. The standard InChI is InChI=1S/C11H13NO2/c1-12-6-5-8-9(7-13)11(14-2)4-3-10(8)12/h3-4,7H,5-6H2,1-2H3. The van der Waals surface area contributed by atoms with Crippen molar-refractivity contribution in [3.63, 3.8) is 0 Å². The van der Waals surface area contributed by atoms with Gasteiger partial charge in [-0.1, -0.05) is 0 Å². The number of methoxy groups -OCH3 is 1. The van der Waals surface area contributed by atoms with E-state index in [9.17, 15) is 4.79 Å². The maximum atomic E-state index is 11.0. The van der Waals surface area contributed by atoms with Crippen LogP contribution in [-0.4, -0.2) is 27.0 Å². The van der Waals surface area contributed by atoms with Crippen molar-refractivity contribution in [2.45, 2.75) is 6.42 Å². The molecule has 3 nitrogen and oxygen atoms in total. The van der Waals surface area contributed by atoms with Gasteiger partial charge in [0.15, 0.2) is 6.29 Å². The number of aldehydes is 1. The van der Waals surface area contributed by atoms with Crippen LogP contribution < -0.4 is 9.64 Å². The number of fused-ring (bicyclic) bond motifs is 1. The van der Waals surface area contributed by atoms with Crippen LogP contribution in [0.2, 0.25) is 0 Å². The molecule has 0 bridgehead atoms. The molecule has 0 aliphatic carbocycles. The molecule has 0 aromatic heterocycles. The number of benzene rings is 1. The fourth-order valence-corrected chi connectivity index (χ4v) is 1.96. The minimum absolute atomic E-state index is 0.675. The molecule has 1 aliphatic rings. The van der Waals surface area contributed by atoms with E-state index in [1.54, 1.807) is 7.11 Å². The van der Waals surface area contributed by atoms with Gasteiger partial charge in [-0.3, -0.25) is 4.79 Å². The van der Waals surface area contributed by atoms with Gasteiger partial charge in [0.2, 0.25) is 0 Å². The molecule has 0 fully saturated rings. The molecule has 0 unspecified atom stereocenters. The molecule has 0 spiro atoms. The first-order chi connectivity index (χ1) is 6.77. The molecule has 0 saturated carbocycles. The maximum absolute atomic E-state index is 11.0. The Kier molecular flexibility index (Phi) is 2.15. The predicted molar refractivity (Wildman–Crippen MR) is 55.4 cm³/mol. The fourth-order valence-electron chi connectivity index (χ4n) is 1.96. The maximum Gasteiger partial charge on any atom is 0.154 e. The van der Waals surface area contributed by atoms with Crippen molar-refractivity contribution in [2.24, 2.45) is 0 Å². The predicted octanol–water partition coefficient (Wildman–Crippen LogP) is 1.50. The molecule has 14 heavy (non-hydrogen) atoms. The summed E-state index contributed by atoms with van der Waals surface area (Å²) in [5.41, 5.74) is 2.96. The lowest BCUT2D eigenvalue weighted by Gasteiger charge is -2.13. The summed E-state index contributed by atoms with van der Waals surface area (Å²) < 4.78 is 5.15. The highest BCUT2D eigenvalue weighted by atomic mass is 16.5. The van der Waals surface area contributed by atoms with Crippen LogP contribution in [0.1, 0.15) is 15.9 Å². The van der Waals surface area contributed by atoms with Crippen molar-refractivity contribution in [3.05, 3.63) is 23.3 Å². The zero-order valence-electron chi connectivity index (χ0n) is 8.41. The van der Waals surface area contributed by atoms with Crippen molar-refractivity contribution in [2.75, 3.05) is 25.6 Å². The van der Waals surface area contributed by atoms with Crippen molar-refractivity contribution in [1.82, 2.24) is 0 Å². The van der Waals surface area contributed by atoms with Gasteiger partial charge in [-0.05, 0) is 24.1 Å². The Morgan fingerprint density at radius 2 is 2.29 bits per heavy atom. The monoisotopic (exact) mass is 191 g/mol. The summed E-state index contributed by atoms with van der Waals surface area (Å²) in [6.07, 6.45) is 1.81. The summed E-state index contributed by atoms with van der Waals surface area (Å²) in [4.78, 5) is 13.1. The molecule has 0 atom stereocenters. The molecule has 1 aromatic carbocycles. The number of carbonyl (C=O) groups is 1. The van der Waals surface area contributed by atoms with Crippen molar-refractivity contribution < 1.29 is 9.53 Å². The number of nitrogens with zero attached hydrogens (tertiary/aromatic N) is 1. The number of hydrogen-bond acceptors (Lipinski definition) is 3. The largest absolute Gasteiger partial charge is 0.496 e. The lowest BCUT2D eigenvalue weighted by molar-refractivity contribution is 0.112. The molecule has 3 heteroatoms. The van der Waals surface area contributed by atoms with Gasteiger partial charge in [0.05, 0.1) is 12.7 Å². The minimum atomic E-state index is 0.675. The first kappa shape index (κ1) is 9.06. The quantitative estimate of drug-likeness (QED) is 0.663. The molecule has 0 saturated heterocycles. The van der Waals surface area contributed by atoms with E-state index in [4.69, 9.17) is 4.74 Å². The third-order valence-electron chi connectivity index (χ3n) is 2.74. The van der Waals surface area contributed by atoms with Gasteiger partial charge in [0.25, 0.3) is 0 Å². The summed E-state index contributed by atoms with van der Waals surface area (Å²) in [7, 11) is 3.63. The molecule has 1 aromatic rings. The number of ether oxygens (including phenoxy) is 1. The van der Waals surface area contributed by atoms with Gasteiger partial charge < -0.3 is 9.64 Å². The average Bonchev–Trinajstić information content (AvgIpc) is 2.59. The number of hydrogen-bond donors (Lipinski definition) is 0. The van der Waals surface area contributed by atoms with E-state index in [0.29, 0.717) is 11.3 Å². The van der Waals surface area contributed by atoms with E-state index in [2.05, 4.69) is 4.90 Å². The van der Waals surface area contributed by atoms with Crippen LogP contribution in [0.3, 0.4) is 0 Å². The Morgan fingerprint density at radius 3 is 2.93 bits per heavy atom. The van der Waals surface area contributed by atoms with E-state index in [1.165, 1.54) is 0 Å². The Morgan fingerprint density at radius 1 is 1.50 bits per heavy atom. The van der Waals surface area contributed by atoms with Gasteiger partial charge in [-0.15, -0.1) is 0 Å². The molecule has 1 heterocycles. The molecule has 0 amide bonds. The third kappa shape index (κ3) is 1.16. The summed E-state index contributed by atoms with van der Waals surface area (Å²) >= 11 is 0. The smallest absolute Gasteiger partial charge is 0.154 e. The summed E-state index contributed by atoms with van der Waals surface area (Å²) in [6, 6.07) is 3.86. The highest BCUT2D eigenvalue weighted by molar-refractivity contribution is 5.86. The van der Waals surface area contributed by atoms with Crippen molar-refractivity contribution in [3.8, 4) is 5.75 Å². The minimum Gasteiger partial charge on any atom is -0.496 e. The van der Waals surface area contributed by atoms with Gasteiger partial charge >= 0.3 is 0 Å². The van der Waals surface area contributed by atoms with Crippen LogP contribution in [0.5, 0.6) is 5.75 Å². The lowest BCUT2D eigenvalue weighted by atomic mass is 10.0. The van der Waals surface area contributed by atoms with E-state index in [1.807, 2.05) is 19.2 Å². The Hall–Kier alpha value is -1.51. The molecule has 74 valence electrons. The normalized spacial score (nSPS) is 14.0. The van der Waals surface area contributed by atoms with Gasteiger partial charge in [-0.2, -0.15) is 0 Å². The van der Waals surface area contributed by atoms with Crippen molar-refractivity contribution in [1.29, 1.82) is 0 Å². The second-order valence-corrected chi connectivity index (χ2v) is 3.47. The van der Waals surface area contributed by atoms with E-state index in [-0.39, 0.29) is 0 Å². The van der Waals surface area contributed by atoms with Gasteiger partial charge in [0.1, 0.15) is 5.75 Å².